The fraction of sp³-hybridized carbons (Fsp3) is 0.182. The second-order valence-electron chi connectivity index (χ2n) is 3.27. The van der Waals surface area contributed by atoms with Crippen LogP contribution in [-0.2, 0) is 6.42 Å². The number of hydrogen-bond acceptors (Lipinski definition) is 3. The zero-order valence-corrected chi connectivity index (χ0v) is 8.69. The number of anilines is 1. The quantitative estimate of drug-likeness (QED) is 0.773. The molecule has 2 nitrogen and oxygen atoms in total. The summed E-state index contributed by atoms with van der Waals surface area (Å²) in [7, 11) is 0. The molecule has 1 heterocycles. The van der Waals surface area contributed by atoms with Gasteiger partial charge in [0.05, 0.1) is 18.2 Å². The van der Waals surface area contributed by atoms with Crippen molar-refractivity contribution in [2.24, 2.45) is 0 Å². The molecule has 0 fully saturated rings. The number of rotatable bonds is 1. The third-order valence-electron chi connectivity index (χ3n) is 2.31. The first-order valence-corrected chi connectivity index (χ1v) is 5.24. The average molecular weight is 202 g/mol. The van der Waals surface area contributed by atoms with E-state index < -0.39 is 0 Å². The highest BCUT2D eigenvalue weighted by atomic mass is 32.1. The summed E-state index contributed by atoms with van der Waals surface area (Å²) in [6, 6.07) is 6.21. The van der Waals surface area contributed by atoms with Crippen LogP contribution in [0.15, 0.2) is 17.5 Å². The van der Waals surface area contributed by atoms with Gasteiger partial charge in [-0.15, -0.1) is 11.3 Å². The Bertz CT molecular complexity index is 520. The van der Waals surface area contributed by atoms with Crippen molar-refractivity contribution in [1.82, 2.24) is 0 Å². The topological polar surface area (TPSA) is 49.8 Å². The SMILES string of the molecule is Cc1ccc(CC#N)c2scc(N)c12. The van der Waals surface area contributed by atoms with Crippen LogP contribution >= 0.6 is 11.3 Å². The highest BCUT2D eigenvalue weighted by Crippen LogP contribution is 2.33. The molecule has 2 rings (SSSR count). The van der Waals surface area contributed by atoms with Gasteiger partial charge in [-0.2, -0.15) is 5.26 Å². The van der Waals surface area contributed by atoms with E-state index in [9.17, 15) is 0 Å². The van der Waals surface area contributed by atoms with Gasteiger partial charge in [-0.25, -0.2) is 0 Å². The maximum Gasteiger partial charge on any atom is 0.0670 e. The molecule has 2 aromatic rings. The lowest BCUT2D eigenvalue weighted by Crippen LogP contribution is -1.87. The molecule has 70 valence electrons. The summed E-state index contributed by atoms with van der Waals surface area (Å²) in [5, 5.41) is 11.7. The normalized spacial score (nSPS) is 10.3. The Morgan fingerprint density at radius 3 is 3.00 bits per heavy atom. The molecule has 0 spiro atoms. The standard InChI is InChI=1S/C11H10N2S/c1-7-2-3-8(4-5-12)11-10(7)9(13)6-14-11/h2-3,6H,4,13H2,1H3. The summed E-state index contributed by atoms with van der Waals surface area (Å²) in [5.41, 5.74) is 8.95. The third-order valence-corrected chi connectivity index (χ3v) is 3.38. The van der Waals surface area contributed by atoms with Crippen molar-refractivity contribution in [3.05, 3.63) is 28.6 Å². The summed E-state index contributed by atoms with van der Waals surface area (Å²) in [6.45, 7) is 2.04. The molecular weight excluding hydrogens is 192 g/mol. The molecular formula is C11H10N2S. The van der Waals surface area contributed by atoms with Crippen molar-refractivity contribution in [3.8, 4) is 6.07 Å². The lowest BCUT2D eigenvalue weighted by Gasteiger charge is -2.01. The van der Waals surface area contributed by atoms with Crippen LogP contribution in [0.5, 0.6) is 0 Å². The molecule has 14 heavy (non-hydrogen) atoms. The molecule has 0 unspecified atom stereocenters. The molecule has 0 radical (unpaired) electrons. The highest BCUT2D eigenvalue weighted by Gasteiger charge is 2.07. The van der Waals surface area contributed by atoms with Crippen molar-refractivity contribution in [2.75, 3.05) is 5.73 Å². The smallest absolute Gasteiger partial charge is 0.0670 e. The number of aryl methyl sites for hydroxylation is 1. The summed E-state index contributed by atoms with van der Waals surface area (Å²) in [4.78, 5) is 0. The van der Waals surface area contributed by atoms with Crippen LogP contribution in [0.4, 0.5) is 5.69 Å². The van der Waals surface area contributed by atoms with Crippen LogP contribution < -0.4 is 5.73 Å². The average Bonchev–Trinajstić information content (AvgIpc) is 2.54. The fourth-order valence-electron chi connectivity index (χ4n) is 1.62. The molecule has 0 saturated heterocycles. The van der Waals surface area contributed by atoms with E-state index in [1.165, 1.54) is 5.56 Å². The van der Waals surface area contributed by atoms with E-state index in [1.807, 2.05) is 24.4 Å². The lowest BCUT2D eigenvalue weighted by molar-refractivity contribution is 1.29. The van der Waals surface area contributed by atoms with Gasteiger partial charge in [-0.1, -0.05) is 12.1 Å². The maximum absolute atomic E-state index is 8.68. The van der Waals surface area contributed by atoms with Crippen molar-refractivity contribution in [1.29, 1.82) is 5.26 Å². The zero-order chi connectivity index (χ0) is 10.1. The van der Waals surface area contributed by atoms with Gasteiger partial charge in [-0.3, -0.25) is 0 Å². The summed E-state index contributed by atoms with van der Waals surface area (Å²) < 4.78 is 1.16. The molecule has 0 bridgehead atoms. The summed E-state index contributed by atoms with van der Waals surface area (Å²) in [5.74, 6) is 0. The van der Waals surface area contributed by atoms with Gasteiger partial charge in [0.25, 0.3) is 0 Å². The van der Waals surface area contributed by atoms with Gasteiger partial charge in [0.1, 0.15) is 0 Å². The number of nitriles is 1. The zero-order valence-electron chi connectivity index (χ0n) is 7.87. The van der Waals surface area contributed by atoms with Gasteiger partial charge >= 0.3 is 0 Å². The Morgan fingerprint density at radius 2 is 2.29 bits per heavy atom. The predicted molar refractivity (Wildman–Crippen MR) is 60.3 cm³/mol. The number of hydrogen-bond donors (Lipinski definition) is 1. The molecule has 1 aromatic carbocycles. The number of fused-ring (bicyclic) bond motifs is 1. The van der Waals surface area contributed by atoms with Crippen molar-refractivity contribution in [2.45, 2.75) is 13.3 Å². The number of benzene rings is 1. The second kappa shape index (κ2) is 3.32. The Hall–Kier alpha value is -1.53. The first-order valence-electron chi connectivity index (χ1n) is 4.36. The summed E-state index contributed by atoms with van der Waals surface area (Å²) in [6.07, 6.45) is 0.455. The highest BCUT2D eigenvalue weighted by molar-refractivity contribution is 7.18. The second-order valence-corrected chi connectivity index (χ2v) is 4.15. The fourth-order valence-corrected chi connectivity index (χ4v) is 2.67. The third kappa shape index (κ3) is 1.24. The van der Waals surface area contributed by atoms with Gasteiger partial charge in [0.15, 0.2) is 0 Å². The van der Waals surface area contributed by atoms with E-state index in [4.69, 9.17) is 11.0 Å². The molecule has 2 N–H and O–H groups in total. The molecule has 0 amide bonds. The van der Waals surface area contributed by atoms with E-state index in [2.05, 4.69) is 6.07 Å². The first-order chi connectivity index (χ1) is 6.74. The van der Waals surface area contributed by atoms with Crippen LogP contribution in [0.2, 0.25) is 0 Å². The molecule has 1 aromatic heterocycles. The van der Waals surface area contributed by atoms with E-state index in [1.54, 1.807) is 11.3 Å². The predicted octanol–water partition coefficient (Wildman–Crippen LogP) is 2.86. The van der Waals surface area contributed by atoms with Crippen molar-refractivity contribution < 1.29 is 0 Å². The van der Waals surface area contributed by atoms with E-state index in [-0.39, 0.29) is 0 Å². The minimum atomic E-state index is 0.455. The molecule has 0 saturated carbocycles. The van der Waals surface area contributed by atoms with Gasteiger partial charge in [-0.05, 0) is 18.1 Å². The van der Waals surface area contributed by atoms with Crippen LogP contribution in [0.25, 0.3) is 10.1 Å². The Kier molecular flexibility index (Phi) is 2.14. The monoisotopic (exact) mass is 202 g/mol. The van der Waals surface area contributed by atoms with Crippen LogP contribution in [-0.4, -0.2) is 0 Å². The Balaban J connectivity index is 2.78. The van der Waals surface area contributed by atoms with Gasteiger partial charge in [0, 0.05) is 15.5 Å². The first kappa shape index (κ1) is 9.04. The minimum absolute atomic E-state index is 0.455. The van der Waals surface area contributed by atoms with E-state index in [0.29, 0.717) is 6.42 Å². The number of nitrogen functional groups attached to an aromatic ring is 1. The van der Waals surface area contributed by atoms with E-state index >= 15 is 0 Å². The number of nitrogens with two attached hydrogens (primary N) is 1. The van der Waals surface area contributed by atoms with Crippen molar-refractivity contribution in [3.63, 3.8) is 0 Å². The van der Waals surface area contributed by atoms with Crippen LogP contribution in [0.1, 0.15) is 11.1 Å². The molecule has 0 aliphatic rings. The lowest BCUT2D eigenvalue weighted by atomic mass is 10.1. The largest absolute Gasteiger partial charge is 0.398 e. The Labute approximate surface area is 86.6 Å². The van der Waals surface area contributed by atoms with Gasteiger partial charge in [0.2, 0.25) is 0 Å². The molecule has 0 atom stereocenters. The molecule has 0 aliphatic carbocycles. The number of thiophene rings is 1. The Morgan fingerprint density at radius 1 is 1.50 bits per heavy atom. The summed E-state index contributed by atoms with van der Waals surface area (Å²) >= 11 is 1.62. The molecule has 3 heteroatoms. The van der Waals surface area contributed by atoms with Crippen LogP contribution in [0, 0.1) is 18.3 Å². The van der Waals surface area contributed by atoms with Crippen LogP contribution in [0.3, 0.4) is 0 Å². The maximum atomic E-state index is 8.68. The minimum Gasteiger partial charge on any atom is -0.398 e. The number of nitrogens with zero attached hydrogens (tertiary/aromatic N) is 1. The van der Waals surface area contributed by atoms with E-state index in [0.717, 1.165) is 21.3 Å². The van der Waals surface area contributed by atoms with Crippen molar-refractivity contribution >= 4 is 27.1 Å². The molecule has 0 aliphatic heterocycles. The van der Waals surface area contributed by atoms with Gasteiger partial charge < -0.3 is 5.73 Å².